The van der Waals surface area contributed by atoms with E-state index in [0.717, 1.165) is 19.4 Å². The SMILES string of the molecule is Cc1c2c3c(c(C4=CC(CCO[Si](C)(C)C)=CC4)c1[Si]2(C)C)C1C=CC=CC1=C3. The number of fused-ring (bicyclic) bond motifs is 1. The lowest BCUT2D eigenvalue weighted by Gasteiger charge is -2.44. The second kappa shape index (κ2) is 6.40. The van der Waals surface area contributed by atoms with Crippen LogP contribution in [0.4, 0.5) is 0 Å². The number of hydrogen-bond acceptors (Lipinski definition) is 1. The van der Waals surface area contributed by atoms with E-state index >= 15 is 0 Å². The van der Waals surface area contributed by atoms with Gasteiger partial charge in [-0.3, -0.25) is 0 Å². The largest absolute Gasteiger partial charge is 0.417 e. The van der Waals surface area contributed by atoms with E-state index in [0.29, 0.717) is 5.92 Å². The summed E-state index contributed by atoms with van der Waals surface area (Å²) in [5.74, 6) is 0.452. The molecule has 0 aromatic heterocycles. The highest BCUT2D eigenvalue weighted by Crippen LogP contribution is 2.47. The molecule has 0 N–H and O–H groups in total. The molecule has 0 saturated heterocycles. The lowest BCUT2D eigenvalue weighted by atomic mass is 9.84. The Labute approximate surface area is 177 Å². The van der Waals surface area contributed by atoms with Gasteiger partial charge >= 0.3 is 0 Å². The van der Waals surface area contributed by atoms with Gasteiger partial charge in [0.25, 0.3) is 0 Å². The average molecular weight is 417 g/mol. The van der Waals surface area contributed by atoms with Gasteiger partial charge in [0.2, 0.25) is 0 Å². The maximum absolute atomic E-state index is 6.11. The van der Waals surface area contributed by atoms with Crippen LogP contribution in [0.15, 0.2) is 47.6 Å². The fourth-order valence-corrected chi connectivity index (χ4v) is 10.6. The summed E-state index contributed by atoms with van der Waals surface area (Å²) in [7, 11) is -2.92. The van der Waals surface area contributed by atoms with Crippen LogP contribution >= 0.6 is 0 Å². The van der Waals surface area contributed by atoms with Gasteiger partial charge in [0.15, 0.2) is 8.32 Å². The molecule has 2 heterocycles. The summed E-state index contributed by atoms with van der Waals surface area (Å²) in [5.41, 5.74) is 10.8. The molecule has 0 saturated carbocycles. The second-order valence-corrected chi connectivity index (χ2v) is 19.2. The van der Waals surface area contributed by atoms with E-state index in [1.165, 1.54) is 11.1 Å². The summed E-state index contributed by atoms with van der Waals surface area (Å²) in [6, 6.07) is 0. The standard InChI is InChI=1S/C26H32OSi2/c1-17-25-22-16-19-9-7-8-10-21(19)24(22)23(26(17)29(25,5)6)20-12-11-18(15-20)13-14-27-28(2,3)4/h7-11,15-16,21H,12-14H2,1-6H3. The van der Waals surface area contributed by atoms with Crippen LogP contribution in [-0.4, -0.2) is 23.0 Å². The molecule has 150 valence electrons. The minimum atomic E-state index is -1.49. The molecule has 2 aliphatic heterocycles. The molecule has 0 amide bonds. The van der Waals surface area contributed by atoms with Crippen LogP contribution in [-0.2, 0) is 4.43 Å². The fourth-order valence-electron chi connectivity index (χ4n) is 5.90. The van der Waals surface area contributed by atoms with Crippen molar-refractivity contribution in [2.75, 3.05) is 6.61 Å². The van der Waals surface area contributed by atoms with Crippen LogP contribution in [0, 0.1) is 6.92 Å². The van der Waals surface area contributed by atoms with E-state index < -0.39 is 16.4 Å². The summed E-state index contributed by atoms with van der Waals surface area (Å²) < 4.78 is 6.11. The first-order valence-electron chi connectivity index (χ1n) is 11.0. The first-order valence-corrected chi connectivity index (χ1v) is 17.4. The van der Waals surface area contributed by atoms with Crippen LogP contribution in [0.5, 0.6) is 0 Å². The number of hydrogen-bond donors (Lipinski definition) is 0. The lowest BCUT2D eigenvalue weighted by Crippen LogP contribution is -2.68. The van der Waals surface area contributed by atoms with Crippen LogP contribution < -0.4 is 10.4 Å². The molecule has 0 spiro atoms. The molecule has 0 fully saturated rings. The number of aryl methyl sites for hydroxylation is 1. The molecule has 3 aliphatic carbocycles. The molecule has 1 aromatic carbocycles. The third-order valence-electron chi connectivity index (χ3n) is 6.95. The Hall–Kier alpha value is -1.69. The van der Waals surface area contributed by atoms with Crippen molar-refractivity contribution in [1.82, 2.24) is 0 Å². The van der Waals surface area contributed by atoms with Crippen LogP contribution in [0.1, 0.15) is 41.0 Å². The average Bonchev–Trinajstić information content (AvgIpc) is 3.24. The monoisotopic (exact) mass is 416 g/mol. The quantitative estimate of drug-likeness (QED) is 0.560. The maximum atomic E-state index is 6.11. The third kappa shape index (κ3) is 2.89. The van der Waals surface area contributed by atoms with Gasteiger partial charge in [-0.1, -0.05) is 61.2 Å². The van der Waals surface area contributed by atoms with Crippen molar-refractivity contribution in [3.05, 3.63) is 69.9 Å². The Morgan fingerprint density at radius 2 is 1.90 bits per heavy atom. The van der Waals surface area contributed by atoms with E-state index in [-0.39, 0.29) is 0 Å². The zero-order chi connectivity index (χ0) is 20.6. The van der Waals surface area contributed by atoms with Gasteiger partial charge in [-0.05, 0) is 83.2 Å². The highest BCUT2D eigenvalue weighted by molar-refractivity contribution is 7.06. The first kappa shape index (κ1) is 19.3. The number of rotatable bonds is 5. The zero-order valence-electron chi connectivity index (χ0n) is 18.6. The van der Waals surface area contributed by atoms with E-state index in [4.69, 9.17) is 4.43 Å². The van der Waals surface area contributed by atoms with Crippen molar-refractivity contribution in [3.8, 4) is 0 Å². The number of benzene rings is 1. The second-order valence-electron chi connectivity index (χ2n) is 10.4. The topological polar surface area (TPSA) is 9.23 Å². The van der Waals surface area contributed by atoms with Crippen molar-refractivity contribution < 1.29 is 4.43 Å². The van der Waals surface area contributed by atoms with Gasteiger partial charge < -0.3 is 4.43 Å². The molecule has 1 atom stereocenters. The van der Waals surface area contributed by atoms with Gasteiger partial charge in [0.05, 0.1) is 0 Å². The first-order chi connectivity index (χ1) is 13.7. The third-order valence-corrected chi connectivity index (χ3v) is 11.8. The predicted octanol–water partition coefficient (Wildman–Crippen LogP) is 5.69. The summed E-state index contributed by atoms with van der Waals surface area (Å²) in [5, 5.41) is 3.44. The highest BCUT2D eigenvalue weighted by Gasteiger charge is 2.48. The van der Waals surface area contributed by atoms with Gasteiger partial charge in [-0.25, -0.2) is 0 Å². The lowest BCUT2D eigenvalue weighted by molar-refractivity contribution is 0.316. The molecule has 0 radical (unpaired) electrons. The van der Waals surface area contributed by atoms with E-state index in [2.05, 4.69) is 82.2 Å². The normalized spacial score (nSPS) is 22.7. The summed E-state index contributed by atoms with van der Waals surface area (Å²) in [6.45, 7) is 15.1. The minimum Gasteiger partial charge on any atom is -0.417 e. The molecular formula is C26H32OSi2. The Kier molecular flexibility index (Phi) is 4.26. The Morgan fingerprint density at radius 1 is 1.10 bits per heavy atom. The van der Waals surface area contributed by atoms with Crippen LogP contribution in [0.2, 0.25) is 32.7 Å². The van der Waals surface area contributed by atoms with Gasteiger partial charge in [0, 0.05) is 12.5 Å². The summed E-state index contributed by atoms with van der Waals surface area (Å²) in [4.78, 5) is 0. The smallest absolute Gasteiger partial charge is 0.183 e. The van der Waals surface area contributed by atoms with E-state index in [1.807, 2.05) is 0 Å². The molecule has 1 unspecified atom stereocenters. The molecule has 1 nitrogen and oxygen atoms in total. The maximum Gasteiger partial charge on any atom is 0.183 e. The molecule has 29 heavy (non-hydrogen) atoms. The van der Waals surface area contributed by atoms with E-state index in [9.17, 15) is 0 Å². The minimum absolute atomic E-state index is 0.452. The van der Waals surface area contributed by atoms with Crippen molar-refractivity contribution in [2.24, 2.45) is 0 Å². The highest BCUT2D eigenvalue weighted by atomic mass is 28.4. The summed E-state index contributed by atoms with van der Waals surface area (Å²) >= 11 is 0. The van der Waals surface area contributed by atoms with Crippen molar-refractivity contribution in [2.45, 2.75) is 58.4 Å². The molecule has 2 bridgehead atoms. The van der Waals surface area contributed by atoms with Gasteiger partial charge in [-0.15, -0.1) is 0 Å². The van der Waals surface area contributed by atoms with Crippen molar-refractivity contribution in [3.63, 3.8) is 0 Å². The predicted molar refractivity (Wildman–Crippen MR) is 132 cm³/mol. The van der Waals surface area contributed by atoms with Crippen LogP contribution in [0.25, 0.3) is 11.6 Å². The van der Waals surface area contributed by atoms with Gasteiger partial charge in [-0.2, -0.15) is 0 Å². The Morgan fingerprint density at radius 3 is 2.62 bits per heavy atom. The van der Waals surface area contributed by atoms with Crippen molar-refractivity contribution in [1.29, 1.82) is 0 Å². The fraction of sp³-hybridized carbons (Fsp3) is 0.385. The summed E-state index contributed by atoms with van der Waals surface area (Å²) in [6.07, 6.45) is 18.7. The van der Waals surface area contributed by atoms with Crippen molar-refractivity contribution >= 4 is 38.4 Å². The molecular weight excluding hydrogens is 384 g/mol. The van der Waals surface area contributed by atoms with E-state index in [1.54, 1.807) is 38.2 Å². The van der Waals surface area contributed by atoms with Crippen LogP contribution in [0.3, 0.4) is 0 Å². The van der Waals surface area contributed by atoms with Gasteiger partial charge in [0.1, 0.15) is 8.07 Å². The zero-order valence-corrected chi connectivity index (χ0v) is 20.6. The molecule has 6 rings (SSSR count). The Bertz CT molecular complexity index is 1070. The molecule has 5 aliphatic rings. The number of allylic oxidation sites excluding steroid dienone is 8. The Balaban J connectivity index is 1.53. The molecule has 1 aromatic rings. The molecule has 3 heteroatoms.